The van der Waals surface area contributed by atoms with Gasteiger partial charge in [-0.3, -0.25) is 9.59 Å². The molecule has 3 rings (SSSR count). The first-order chi connectivity index (χ1) is 17.4. The lowest BCUT2D eigenvalue weighted by atomic mass is 10.0. The molecule has 3 aromatic carbocycles. The lowest BCUT2D eigenvalue weighted by molar-refractivity contribution is -0.139. The second-order valence-electron chi connectivity index (χ2n) is 9.15. The zero-order valence-electron chi connectivity index (χ0n) is 21.2. The number of carbonyl (C=O) groups excluding carboxylic acids is 2. The third-order valence-electron chi connectivity index (χ3n) is 6.13. The van der Waals surface area contributed by atoms with Crippen LogP contribution < -0.4 is 5.32 Å². The fourth-order valence-corrected chi connectivity index (χ4v) is 4.93. The van der Waals surface area contributed by atoms with Crippen LogP contribution in [0.5, 0.6) is 0 Å². The van der Waals surface area contributed by atoms with Gasteiger partial charge in [0, 0.05) is 29.8 Å². The number of carbonyl (C=O) groups is 2. The lowest BCUT2D eigenvalue weighted by Gasteiger charge is -2.32. The molecule has 2 amide bonds. The average molecular weight is 523 g/mol. The largest absolute Gasteiger partial charge is 0.352 e. The molecule has 0 bridgehead atoms. The first-order valence-corrected chi connectivity index (χ1v) is 13.9. The van der Waals surface area contributed by atoms with Gasteiger partial charge in [0.15, 0.2) is 0 Å². The van der Waals surface area contributed by atoms with E-state index in [9.17, 15) is 9.59 Å². The van der Waals surface area contributed by atoms with Gasteiger partial charge in [-0.25, -0.2) is 0 Å². The maximum atomic E-state index is 13.7. The van der Waals surface area contributed by atoms with Gasteiger partial charge in [0.05, 0.1) is 5.75 Å². The van der Waals surface area contributed by atoms with Crippen molar-refractivity contribution in [1.29, 1.82) is 0 Å². The number of benzene rings is 3. The van der Waals surface area contributed by atoms with Gasteiger partial charge >= 0.3 is 0 Å². The van der Waals surface area contributed by atoms with Crippen LogP contribution in [-0.4, -0.2) is 34.6 Å². The van der Waals surface area contributed by atoms with Crippen LogP contribution in [0.1, 0.15) is 42.5 Å². The van der Waals surface area contributed by atoms with E-state index >= 15 is 0 Å². The Morgan fingerprint density at radius 1 is 0.944 bits per heavy atom. The molecular formula is C30H35ClN2O2S. The van der Waals surface area contributed by atoms with Crippen LogP contribution >= 0.6 is 23.4 Å². The van der Waals surface area contributed by atoms with Gasteiger partial charge in [0.25, 0.3) is 0 Å². The van der Waals surface area contributed by atoms with E-state index in [1.54, 1.807) is 16.7 Å². The number of hydrogen-bond acceptors (Lipinski definition) is 3. The Morgan fingerprint density at radius 2 is 1.64 bits per heavy atom. The SMILES string of the molecule is CC[C@@H](C)NC(=O)[C@@H](Cc1ccccc1)N(Cc1cccc(Cl)c1)C(=O)CSCc1ccc(C)cc1. The summed E-state index contributed by atoms with van der Waals surface area (Å²) in [5, 5.41) is 3.71. The number of aryl methyl sites for hydroxylation is 1. The van der Waals surface area contributed by atoms with Crippen LogP contribution in [0.3, 0.4) is 0 Å². The van der Waals surface area contributed by atoms with Crippen LogP contribution in [0, 0.1) is 6.92 Å². The molecule has 0 aliphatic carbocycles. The normalized spacial score (nSPS) is 12.6. The number of amides is 2. The fraction of sp³-hybridized carbons (Fsp3) is 0.333. The summed E-state index contributed by atoms with van der Waals surface area (Å²) in [4.78, 5) is 28.9. The molecule has 0 saturated heterocycles. The lowest BCUT2D eigenvalue weighted by Crippen LogP contribution is -2.52. The first-order valence-electron chi connectivity index (χ1n) is 12.4. The number of thioether (sulfide) groups is 1. The number of hydrogen-bond donors (Lipinski definition) is 1. The molecule has 0 aromatic heterocycles. The molecule has 0 unspecified atom stereocenters. The minimum absolute atomic E-state index is 0.0230. The molecule has 3 aromatic rings. The average Bonchev–Trinajstić information content (AvgIpc) is 2.87. The zero-order chi connectivity index (χ0) is 25.9. The molecular weight excluding hydrogens is 488 g/mol. The molecule has 6 heteroatoms. The summed E-state index contributed by atoms with van der Waals surface area (Å²) in [5.74, 6) is 0.829. The predicted molar refractivity (Wildman–Crippen MR) is 151 cm³/mol. The molecule has 0 saturated carbocycles. The van der Waals surface area contributed by atoms with E-state index in [-0.39, 0.29) is 23.6 Å². The van der Waals surface area contributed by atoms with Crippen molar-refractivity contribution < 1.29 is 9.59 Å². The summed E-state index contributed by atoms with van der Waals surface area (Å²) >= 11 is 7.81. The van der Waals surface area contributed by atoms with Gasteiger partial charge in [-0.2, -0.15) is 0 Å². The standard InChI is InChI=1S/C30H35ClN2O2S/c1-4-23(3)32-30(35)28(18-24-9-6-5-7-10-24)33(19-26-11-8-12-27(31)17-26)29(34)21-36-20-25-15-13-22(2)14-16-25/h5-17,23,28H,4,18-21H2,1-3H3,(H,32,35)/t23-,28-/m1/s1. The van der Waals surface area contributed by atoms with E-state index in [0.29, 0.717) is 18.0 Å². The Bertz CT molecular complexity index is 1120. The molecule has 4 nitrogen and oxygen atoms in total. The summed E-state index contributed by atoms with van der Waals surface area (Å²) in [7, 11) is 0. The summed E-state index contributed by atoms with van der Waals surface area (Å²) < 4.78 is 0. The third-order valence-corrected chi connectivity index (χ3v) is 7.35. The Kier molecular flexibility index (Phi) is 10.9. The van der Waals surface area contributed by atoms with Gasteiger partial charge in [-0.05, 0) is 49.1 Å². The Hall–Kier alpha value is -2.76. The van der Waals surface area contributed by atoms with E-state index in [0.717, 1.165) is 23.3 Å². The highest BCUT2D eigenvalue weighted by Gasteiger charge is 2.30. The molecule has 0 fully saturated rings. The van der Waals surface area contributed by atoms with Crippen molar-refractivity contribution in [2.24, 2.45) is 0 Å². The highest BCUT2D eigenvalue weighted by Crippen LogP contribution is 2.20. The monoisotopic (exact) mass is 522 g/mol. The minimum atomic E-state index is -0.632. The maximum absolute atomic E-state index is 13.7. The third kappa shape index (κ3) is 8.72. The Balaban J connectivity index is 1.85. The maximum Gasteiger partial charge on any atom is 0.243 e. The number of rotatable bonds is 12. The summed E-state index contributed by atoms with van der Waals surface area (Å²) in [6.07, 6.45) is 1.26. The topological polar surface area (TPSA) is 49.4 Å². The fourth-order valence-electron chi connectivity index (χ4n) is 3.85. The number of nitrogens with one attached hydrogen (secondary N) is 1. The minimum Gasteiger partial charge on any atom is -0.352 e. The summed E-state index contributed by atoms with van der Waals surface area (Å²) in [5.41, 5.74) is 4.30. The molecule has 190 valence electrons. The van der Waals surface area contributed by atoms with E-state index in [1.807, 2.05) is 68.4 Å². The Labute approximate surface area is 224 Å². The highest BCUT2D eigenvalue weighted by atomic mass is 35.5. The second-order valence-corrected chi connectivity index (χ2v) is 10.6. The quantitative estimate of drug-likeness (QED) is 0.298. The van der Waals surface area contributed by atoms with Crippen molar-refractivity contribution in [3.05, 3.63) is 106 Å². The van der Waals surface area contributed by atoms with Crippen molar-refractivity contribution in [3.63, 3.8) is 0 Å². The number of halogens is 1. The van der Waals surface area contributed by atoms with E-state index in [2.05, 4.69) is 36.5 Å². The van der Waals surface area contributed by atoms with Gasteiger partial charge < -0.3 is 10.2 Å². The molecule has 0 aliphatic rings. The number of nitrogens with zero attached hydrogens (tertiary/aromatic N) is 1. The van der Waals surface area contributed by atoms with Gasteiger partial charge in [-0.1, -0.05) is 90.8 Å². The zero-order valence-corrected chi connectivity index (χ0v) is 22.8. The molecule has 0 spiro atoms. The van der Waals surface area contributed by atoms with Crippen LogP contribution in [0.15, 0.2) is 78.9 Å². The molecule has 2 atom stereocenters. The van der Waals surface area contributed by atoms with Crippen molar-refractivity contribution >= 4 is 35.2 Å². The highest BCUT2D eigenvalue weighted by molar-refractivity contribution is 7.99. The summed E-state index contributed by atoms with van der Waals surface area (Å²) in [6, 6.07) is 25.1. The van der Waals surface area contributed by atoms with Crippen molar-refractivity contribution in [1.82, 2.24) is 10.2 Å². The molecule has 1 N–H and O–H groups in total. The van der Waals surface area contributed by atoms with E-state index < -0.39 is 6.04 Å². The van der Waals surface area contributed by atoms with Crippen molar-refractivity contribution in [2.45, 2.75) is 58.0 Å². The van der Waals surface area contributed by atoms with E-state index in [4.69, 9.17) is 11.6 Å². The van der Waals surface area contributed by atoms with E-state index in [1.165, 1.54) is 11.1 Å². The first kappa shape index (κ1) is 27.8. The molecule has 36 heavy (non-hydrogen) atoms. The van der Waals surface area contributed by atoms with Gasteiger partial charge in [0.2, 0.25) is 11.8 Å². The van der Waals surface area contributed by atoms with Crippen molar-refractivity contribution in [3.8, 4) is 0 Å². The predicted octanol–water partition coefficient (Wildman–Crippen LogP) is 6.44. The van der Waals surface area contributed by atoms with Crippen molar-refractivity contribution in [2.75, 3.05) is 5.75 Å². The van der Waals surface area contributed by atoms with Crippen LogP contribution in [-0.2, 0) is 28.3 Å². The molecule has 0 aliphatic heterocycles. The summed E-state index contributed by atoms with van der Waals surface area (Å²) in [6.45, 7) is 6.40. The van der Waals surface area contributed by atoms with Crippen LogP contribution in [0.2, 0.25) is 5.02 Å². The molecule has 0 heterocycles. The smallest absolute Gasteiger partial charge is 0.243 e. The van der Waals surface area contributed by atoms with Gasteiger partial charge in [-0.15, -0.1) is 11.8 Å². The van der Waals surface area contributed by atoms with Gasteiger partial charge in [0.1, 0.15) is 6.04 Å². The molecule has 0 radical (unpaired) electrons. The second kappa shape index (κ2) is 14.1. The van der Waals surface area contributed by atoms with Crippen LogP contribution in [0.4, 0.5) is 0 Å². The van der Waals surface area contributed by atoms with Crippen LogP contribution in [0.25, 0.3) is 0 Å². The Morgan fingerprint density at radius 3 is 2.31 bits per heavy atom.